The van der Waals surface area contributed by atoms with Crippen molar-refractivity contribution in [3.8, 4) is 0 Å². The average molecular weight is 313 g/mol. The molecule has 2 aromatic rings. The van der Waals surface area contributed by atoms with Crippen LogP contribution in [0.1, 0.15) is 30.0 Å². The Morgan fingerprint density at radius 3 is 2.45 bits per heavy atom. The van der Waals surface area contributed by atoms with Crippen LogP contribution in [0.15, 0.2) is 53.4 Å². The van der Waals surface area contributed by atoms with Crippen molar-refractivity contribution in [3.63, 3.8) is 0 Å². The Labute approximate surface area is 131 Å². The van der Waals surface area contributed by atoms with Gasteiger partial charge >= 0.3 is 0 Å². The Hall–Kier alpha value is -2.07. The maximum Gasteiger partial charge on any atom is 0.258 e. The quantitative estimate of drug-likeness (QED) is 0.928. The van der Waals surface area contributed by atoms with Crippen LogP contribution in [0.25, 0.3) is 6.08 Å². The summed E-state index contributed by atoms with van der Waals surface area (Å²) in [7, 11) is -3.49. The molecule has 0 atom stereocenters. The molecule has 0 saturated heterocycles. The van der Waals surface area contributed by atoms with E-state index in [4.69, 9.17) is 0 Å². The topological polar surface area (TPSA) is 46.2 Å². The number of sulfonamides is 1. The van der Waals surface area contributed by atoms with E-state index in [-0.39, 0.29) is 0 Å². The SMILES string of the molecule is CCc1ccc(NS(=O)(=O)C2=Cc3ccccc3CC2)cc1. The third kappa shape index (κ3) is 3.07. The van der Waals surface area contributed by atoms with Crippen molar-refractivity contribution in [1.82, 2.24) is 0 Å². The Morgan fingerprint density at radius 1 is 1.00 bits per heavy atom. The van der Waals surface area contributed by atoms with Crippen LogP contribution in [-0.2, 0) is 22.9 Å². The first-order valence-corrected chi connectivity index (χ1v) is 8.97. The summed E-state index contributed by atoms with van der Waals surface area (Å²) in [6, 6.07) is 15.4. The molecule has 22 heavy (non-hydrogen) atoms. The largest absolute Gasteiger partial charge is 0.280 e. The Morgan fingerprint density at radius 2 is 1.73 bits per heavy atom. The van der Waals surface area contributed by atoms with Crippen molar-refractivity contribution < 1.29 is 8.42 Å². The van der Waals surface area contributed by atoms with Crippen LogP contribution in [0.4, 0.5) is 5.69 Å². The van der Waals surface area contributed by atoms with Gasteiger partial charge in [0.15, 0.2) is 0 Å². The smallest absolute Gasteiger partial charge is 0.258 e. The lowest BCUT2D eigenvalue weighted by Gasteiger charge is -2.17. The molecule has 3 nitrogen and oxygen atoms in total. The molecule has 0 fully saturated rings. The number of anilines is 1. The van der Waals surface area contributed by atoms with Gasteiger partial charge in [-0.05, 0) is 54.2 Å². The summed E-state index contributed by atoms with van der Waals surface area (Å²) in [6.07, 6.45) is 4.02. The van der Waals surface area contributed by atoms with Gasteiger partial charge in [0.05, 0.1) is 4.91 Å². The normalized spacial score (nSPS) is 14.1. The molecule has 0 saturated carbocycles. The predicted octanol–water partition coefficient (Wildman–Crippen LogP) is 3.98. The molecule has 0 radical (unpaired) electrons. The van der Waals surface area contributed by atoms with E-state index in [1.807, 2.05) is 48.5 Å². The van der Waals surface area contributed by atoms with Gasteiger partial charge in [-0.15, -0.1) is 0 Å². The van der Waals surface area contributed by atoms with E-state index in [0.717, 1.165) is 18.4 Å². The minimum absolute atomic E-state index is 0.450. The number of benzene rings is 2. The summed E-state index contributed by atoms with van der Waals surface area (Å²) in [6.45, 7) is 2.07. The third-order valence-corrected chi connectivity index (χ3v) is 5.49. The summed E-state index contributed by atoms with van der Waals surface area (Å²) < 4.78 is 27.8. The first-order valence-electron chi connectivity index (χ1n) is 7.49. The van der Waals surface area contributed by atoms with Gasteiger partial charge < -0.3 is 0 Å². The molecular weight excluding hydrogens is 294 g/mol. The summed E-state index contributed by atoms with van der Waals surface area (Å²) in [5.74, 6) is 0. The van der Waals surface area contributed by atoms with Crippen molar-refractivity contribution in [2.75, 3.05) is 4.72 Å². The monoisotopic (exact) mass is 313 g/mol. The van der Waals surface area contributed by atoms with E-state index in [0.29, 0.717) is 17.0 Å². The maximum absolute atomic E-state index is 12.5. The molecular formula is C18H19NO2S. The van der Waals surface area contributed by atoms with Gasteiger partial charge in [0.25, 0.3) is 10.0 Å². The molecule has 0 heterocycles. The van der Waals surface area contributed by atoms with Gasteiger partial charge in [-0.2, -0.15) is 0 Å². The predicted molar refractivity (Wildman–Crippen MR) is 91.1 cm³/mol. The first-order chi connectivity index (χ1) is 10.6. The molecule has 0 aliphatic heterocycles. The van der Waals surface area contributed by atoms with E-state index in [2.05, 4.69) is 11.6 Å². The van der Waals surface area contributed by atoms with Crippen molar-refractivity contribution in [2.24, 2.45) is 0 Å². The standard InChI is InChI=1S/C18H19NO2S/c1-2-14-7-10-17(11-8-14)19-22(20,21)18-12-9-15-5-3-4-6-16(15)13-18/h3-8,10-11,13,19H,2,9,12H2,1H3. The van der Waals surface area contributed by atoms with Gasteiger partial charge in [0.2, 0.25) is 0 Å². The molecule has 2 aromatic carbocycles. The lowest BCUT2D eigenvalue weighted by molar-refractivity contribution is 0.605. The third-order valence-electron chi connectivity index (χ3n) is 3.97. The van der Waals surface area contributed by atoms with Crippen LogP contribution in [-0.4, -0.2) is 8.42 Å². The van der Waals surface area contributed by atoms with E-state index >= 15 is 0 Å². The number of fused-ring (bicyclic) bond motifs is 1. The second-order valence-electron chi connectivity index (χ2n) is 5.47. The Kier molecular flexibility index (Phi) is 4.03. The molecule has 0 aromatic heterocycles. The molecule has 1 aliphatic carbocycles. The van der Waals surface area contributed by atoms with E-state index < -0.39 is 10.0 Å². The highest BCUT2D eigenvalue weighted by Crippen LogP contribution is 2.28. The molecule has 0 bridgehead atoms. The second kappa shape index (κ2) is 5.97. The maximum atomic E-state index is 12.5. The number of rotatable bonds is 4. The molecule has 0 spiro atoms. The second-order valence-corrected chi connectivity index (χ2v) is 7.20. The number of hydrogen-bond acceptors (Lipinski definition) is 2. The molecule has 0 unspecified atom stereocenters. The fourth-order valence-corrected chi connectivity index (χ4v) is 3.88. The number of aryl methyl sites for hydroxylation is 2. The first kappa shape index (κ1) is 14.9. The molecule has 1 aliphatic rings. The van der Waals surface area contributed by atoms with E-state index in [9.17, 15) is 8.42 Å². The minimum Gasteiger partial charge on any atom is -0.280 e. The van der Waals surface area contributed by atoms with Crippen molar-refractivity contribution >= 4 is 21.8 Å². The zero-order chi connectivity index (χ0) is 15.6. The highest BCUT2D eigenvalue weighted by Gasteiger charge is 2.21. The summed E-state index contributed by atoms with van der Waals surface area (Å²) in [4.78, 5) is 0.450. The lowest BCUT2D eigenvalue weighted by atomic mass is 9.98. The number of hydrogen-bond donors (Lipinski definition) is 1. The van der Waals surface area contributed by atoms with Gasteiger partial charge in [-0.3, -0.25) is 4.72 Å². The Bertz CT molecular complexity index is 805. The molecule has 4 heteroatoms. The fraction of sp³-hybridized carbons (Fsp3) is 0.222. The number of nitrogens with one attached hydrogen (secondary N) is 1. The average Bonchev–Trinajstić information content (AvgIpc) is 2.55. The number of allylic oxidation sites excluding steroid dienone is 1. The van der Waals surface area contributed by atoms with Crippen LogP contribution in [0, 0.1) is 0 Å². The molecule has 3 rings (SSSR count). The van der Waals surface area contributed by atoms with E-state index in [1.54, 1.807) is 6.08 Å². The van der Waals surface area contributed by atoms with Crippen LogP contribution in [0.3, 0.4) is 0 Å². The van der Waals surface area contributed by atoms with Gasteiger partial charge in [0, 0.05) is 5.69 Å². The molecule has 0 amide bonds. The van der Waals surface area contributed by atoms with Gasteiger partial charge in [-0.1, -0.05) is 43.3 Å². The van der Waals surface area contributed by atoms with Crippen molar-refractivity contribution in [1.29, 1.82) is 0 Å². The summed E-state index contributed by atoms with van der Waals surface area (Å²) in [5.41, 5.74) is 4.00. The van der Waals surface area contributed by atoms with Gasteiger partial charge in [-0.25, -0.2) is 8.42 Å². The lowest BCUT2D eigenvalue weighted by Crippen LogP contribution is -2.17. The summed E-state index contributed by atoms with van der Waals surface area (Å²) in [5, 5.41) is 0. The van der Waals surface area contributed by atoms with Gasteiger partial charge in [0.1, 0.15) is 0 Å². The van der Waals surface area contributed by atoms with Crippen LogP contribution < -0.4 is 4.72 Å². The molecule has 1 N–H and O–H groups in total. The fourth-order valence-electron chi connectivity index (χ4n) is 2.65. The van der Waals surface area contributed by atoms with Crippen LogP contribution in [0.5, 0.6) is 0 Å². The highest BCUT2D eigenvalue weighted by molar-refractivity contribution is 7.96. The van der Waals surface area contributed by atoms with Crippen molar-refractivity contribution in [2.45, 2.75) is 26.2 Å². The minimum atomic E-state index is -3.49. The van der Waals surface area contributed by atoms with Crippen molar-refractivity contribution in [3.05, 3.63) is 70.1 Å². The zero-order valence-corrected chi connectivity index (χ0v) is 13.4. The molecule has 114 valence electrons. The van der Waals surface area contributed by atoms with E-state index in [1.165, 1.54) is 11.1 Å². The van der Waals surface area contributed by atoms with Crippen LogP contribution in [0.2, 0.25) is 0 Å². The summed E-state index contributed by atoms with van der Waals surface area (Å²) >= 11 is 0. The Balaban J connectivity index is 1.85. The zero-order valence-electron chi connectivity index (χ0n) is 12.5. The highest BCUT2D eigenvalue weighted by atomic mass is 32.2. The van der Waals surface area contributed by atoms with Crippen LogP contribution >= 0.6 is 0 Å².